The molecule has 0 saturated carbocycles. The summed E-state index contributed by atoms with van der Waals surface area (Å²) in [4.78, 5) is 0. The van der Waals surface area contributed by atoms with E-state index >= 15 is 0 Å². The van der Waals surface area contributed by atoms with E-state index in [1.54, 1.807) is 0 Å². The van der Waals surface area contributed by atoms with Gasteiger partial charge in [-0.05, 0) is 23.8 Å². The molecule has 0 aliphatic heterocycles. The molecule has 0 heterocycles. The summed E-state index contributed by atoms with van der Waals surface area (Å²) in [5, 5.41) is 0. The van der Waals surface area contributed by atoms with Gasteiger partial charge in [0, 0.05) is 5.69 Å². The van der Waals surface area contributed by atoms with Gasteiger partial charge >= 0.3 is 6.18 Å². The molecule has 5 heteroatoms. The molecule has 0 radical (unpaired) electrons. The monoisotopic (exact) mass is 193 g/mol. The van der Waals surface area contributed by atoms with E-state index in [0.29, 0.717) is 0 Å². The highest BCUT2D eigenvalue weighted by molar-refractivity contribution is 5.45. The van der Waals surface area contributed by atoms with Crippen LogP contribution in [0.15, 0.2) is 18.2 Å². The summed E-state index contributed by atoms with van der Waals surface area (Å²) in [6, 6.07) is 2.70. The molecule has 0 saturated heterocycles. The summed E-state index contributed by atoms with van der Waals surface area (Å²) < 4.78 is 48.4. The van der Waals surface area contributed by atoms with Gasteiger partial charge in [-0.2, -0.15) is 13.2 Å². The molecule has 1 rings (SSSR count). The SMILES string of the molecule is Nc1cc(CF)cc(C(F)(F)F)c1. The van der Waals surface area contributed by atoms with E-state index in [9.17, 15) is 17.6 Å². The molecule has 1 nitrogen and oxygen atoms in total. The van der Waals surface area contributed by atoms with Crippen LogP contribution in [0.1, 0.15) is 11.1 Å². The summed E-state index contributed by atoms with van der Waals surface area (Å²) in [6.45, 7) is -0.950. The molecule has 0 spiro atoms. The van der Waals surface area contributed by atoms with Crippen molar-refractivity contribution in [3.63, 3.8) is 0 Å². The minimum absolute atomic E-state index is 0.0627. The number of nitrogens with two attached hydrogens (primary N) is 1. The van der Waals surface area contributed by atoms with Gasteiger partial charge in [0.05, 0.1) is 5.56 Å². The lowest BCUT2D eigenvalue weighted by molar-refractivity contribution is -0.137. The smallest absolute Gasteiger partial charge is 0.399 e. The Kier molecular flexibility index (Phi) is 2.45. The summed E-state index contributed by atoms with van der Waals surface area (Å²) >= 11 is 0. The van der Waals surface area contributed by atoms with Crippen LogP contribution in [0.5, 0.6) is 0 Å². The van der Waals surface area contributed by atoms with Gasteiger partial charge < -0.3 is 5.73 Å². The Hall–Kier alpha value is -1.26. The van der Waals surface area contributed by atoms with Crippen LogP contribution in [0.2, 0.25) is 0 Å². The Bertz CT molecular complexity index is 306. The highest BCUT2D eigenvalue weighted by atomic mass is 19.4. The molecule has 0 atom stereocenters. The quantitative estimate of drug-likeness (QED) is 0.538. The summed E-state index contributed by atoms with van der Waals surface area (Å²) in [5.41, 5.74) is 4.10. The number of halogens is 4. The molecule has 0 fully saturated rings. The summed E-state index contributed by atoms with van der Waals surface area (Å²) in [7, 11) is 0. The molecular weight excluding hydrogens is 186 g/mol. The second-order valence-electron chi connectivity index (χ2n) is 2.59. The fourth-order valence-electron chi connectivity index (χ4n) is 0.959. The number of nitrogen functional groups attached to an aromatic ring is 1. The van der Waals surface area contributed by atoms with Gasteiger partial charge in [0.2, 0.25) is 0 Å². The first kappa shape index (κ1) is 9.83. The van der Waals surface area contributed by atoms with Gasteiger partial charge in [0.15, 0.2) is 0 Å². The van der Waals surface area contributed by atoms with Gasteiger partial charge in [0.1, 0.15) is 6.67 Å². The minimum atomic E-state index is -4.47. The van der Waals surface area contributed by atoms with Crippen molar-refractivity contribution in [2.24, 2.45) is 0 Å². The third kappa shape index (κ3) is 2.34. The first-order valence-electron chi connectivity index (χ1n) is 3.46. The van der Waals surface area contributed by atoms with E-state index in [-0.39, 0.29) is 11.3 Å². The highest BCUT2D eigenvalue weighted by Crippen LogP contribution is 2.31. The van der Waals surface area contributed by atoms with E-state index in [0.717, 1.165) is 12.1 Å². The van der Waals surface area contributed by atoms with Crippen molar-refractivity contribution in [2.75, 3.05) is 5.73 Å². The van der Waals surface area contributed by atoms with E-state index in [4.69, 9.17) is 5.73 Å². The Morgan fingerprint density at radius 3 is 2.23 bits per heavy atom. The van der Waals surface area contributed by atoms with Crippen molar-refractivity contribution in [1.82, 2.24) is 0 Å². The van der Waals surface area contributed by atoms with Crippen LogP contribution in [-0.2, 0) is 12.9 Å². The Balaban J connectivity index is 3.16. The largest absolute Gasteiger partial charge is 0.416 e. The standard InChI is InChI=1S/C8H7F4N/c9-4-5-1-6(8(10,11)12)3-7(13)2-5/h1-3H,4,13H2. The molecule has 0 bridgehead atoms. The lowest BCUT2D eigenvalue weighted by Gasteiger charge is -2.08. The van der Waals surface area contributed by atoms with E-state index in [1.165, 1.54) is 6.07 Å². The fourth-order valence-corrected chi connectivity index (χ4v) is 0.959. The van der Waals surface area contributed by atoms with Crippen molar-refractivity contribution in [3.05, 3.63) is 29.3 Å². The second kappa shape index (κ2) is 3.24. The first-order valence-corrected chi connectivity index (χ1v) is 3.46. The molecule has 0 amide bonds. The fraction of sp³-hybridized carbons (Fsp3) is 0.250. The minimum Gasteiger partial charge on any atom is -0.399 e. The zero-order chi connectivity index (χ0) is 10.1. The summed E-state index contributed by atoms with van der Waals surface area (Å²) in [5.74, 6) is 0. The molecule has 0 aliphatic carbocycles. The Labute approximate surface area is 72.2 Å². The summed E-state index contributed by atoms with van der Waals surface area (Å²) in [6.07, 6.45) is -4.47. The van der Waals surface area contributed by atoms with Crippen molar-refractivity contribution < 1.29 is 17.6 Å². The molecule has 0 aliphatic rings. The van der Waals surface area contributed by atoms with Gasteiger partial charge in [-0.3, -0.25) is 0 Å². The van der Waals surface area contributed by atoms with Gasteiger partial charge in [0.25, 0.3) is 0 Å². The predicted octanol–water partition coefficient (Wildman–Crippen LogP) is 2.76. The van der Waals surface area contributed by atoms with Crippen LogP contribution in [0.4, 0.5) is 23.2 Å². The predicted molar refractivity (Wildman–Crippen MR) is 40.7 cm³/mol. The number of rotatable bonds is 1. The average molecular weight is 193 g/mol. The van der Waals surface area contributed by atoms with Crippen molar-refractivity contribution in [1.29, 1.82) is 0 Å². The van der Waals surface area contributed by atoms with E-state index in [2.05, 4.69) is 0 Å². The number of hydrogen-bond donors (Lipinski definition) is 1. The lowest BCUT2D eigenvalue weighted by Crippen LogP contribution is -2.06. The molecule has 1 aromatic rings. The molecule has 1 aromatic carbocycles. The Morgan fingerprint density at radius 1 is 1.15 bits per heavy atom. The van der Waals surface area contributed by atoms with Crippen molar-refractivity contribution in [3.8, 4) is 0 Å². The molecule has 0 unspecified atom stereocenters. The van der Waals surface area contributed by atoms with Crippen LogP contribution < -0.4 is 5.73 Å². The lowest BCUT2D eigenvalue weighted by atomic mass is 10.1. The third-order valence-electron chi connectivity index (χ3n) is 1.50. The molecular formula is C8H7F4N. The topological polar surface area (TPSA) is 26.0 Å². The Morgan fingerprint density at radius 2 is 1.77 bits per heavy atom. The van der Waals surface area contributed by atoms with Crippen LogP contribution >= 0.6 is 0 Å². The van der Waals surface area contributed by atoms with Crippen LogP contribution in [0.3, 0.4) is 0 Å². The first-order chi connectivity index (χ1) is 5.93. The molecule has 72 valence electrons. The maximum Gasteiger partial charge on any atom is 0.416 e. The van der Waals surface area contributed by atoms with Crippen LogP contribution in [0, 0.1) is 0 Å². The molecule has 13 heavy (non-hydrogen) atoms. The number of benzene rings is 1. The maximum atomic E-state index is 12.1. The molecule has 2 N–H and O–H groups in total. The van der Waals surface area contributed by atoms with Crippen molar-refractivity contribution in [2.45, 2.75) is 12.9 Å². The number of alkyl halides is 4. The third-order valence-corrected chi connectivity index (χ3v) is 1.50. The van der Waals surface area contributed by atoms with E-state index < -0.39 is 18.4 Å². The normalized spacial score (nSPS) is 11.7. The number of hydrogen-bond acceptors (Lipinski definition) is 1. The molecule has 0 aromatic heterocycles. The highest BCUT2D eigenvalue weighted by Gasteiger charge is 2.30. The zero-order valence-corrected chi connectivity index (χ0v) is 6.53. The number of anilines is 1. The second-order valence-corrected chi connectivity index (χ2v) is 2.59. The van der Waals surface area contributed by atoms with Gasteiger partial charge in [-0.1, -0.05) is 0 Å². The zero-order valence-electron chi connectivity index (χ0n) is 6.53. The van der Waals surface area contributed by atoms with Crippen molar-refractivity contribution >= 4 is 5.69 Å². The maximum absolute atomic E-state index is 12.1. The average Bonchev–Trinajstić information content (AvgIpc) is 2.01. The van der Waals surface area contributed by atoms with Gasteiger partial charge in [-0.15, -0.1) is 0 Å². The van der Waals surface area contributed by atoms with E-state index in [1.807, 2.05) is 0 Å². The van der Waals surface area contributed by atoms with Crippen LogP contribution in [0.25, 0.3) is 0 Å². The van der Waals surface area contributed by atoms with Gasteiger partial charge in [-0.25, -0.2) is 4.39 Å². The van der Waals surface area contributed by atoms with Crippen LogP contribution in [-0.4, -0.2) is 0 Å².